The average molecular weight is 298 g/mol. The van der Waals surface area contributed by atoms with Gasteiger partial charge in [-0.2, -0.15) is 10.1 Å². The van der Waals surface area contributed by atoms with Crippen molar-refractivity contribution in [3.05, 3.63) is 52.4 Å². The van der Waals surface area contributed by atoms with Crippen LogP contribution in [0, 0.1) is 0 Å². The van der Waals surface area contributed by atoms with Gasteiger partial charge in [-0.25, -0.2) is 0 Å². The van der Waals surface area contributed by atoms with Crippen molar-refractivity contribution < 1.29 is 4.79 Å². The molecular formula is C14H14N6O2. The Morgan fingerprint density at radius 1 is 1.36 bits per heavy atom. The van der Waals surface area contributed by atoms with E-state index in [4.69, 9.17) is 5.73 Å². The van der Waals surface area contributed by atoms with Crippen molar-refractivity contribution in [2.24, 2.45) is 12.8 Å². The van der Waals surface area contributed by atoms with E-state index in [2.05, 4.69) is 20.4 Å². The number of primary amides is 1. The molecule has 0 aliphatic heterocycles. The second-order valence-electron chi connectivity index (χ2n) is 4.81. The highest BCUT2D eigenvalue weighted by Gasteiger charge is 2.19. The van der Waals surface area contributed by atoms with Crippen LogP contribution >= 0.6 is 0 Å². The van der Waals surface area contributed by atoms with Gasteiger partial charge in [-0.05, 0) is 5.56 Å². The van der Waals surface area contributed by atoms with Crippen molar-refractivity contribution >= 4 is 22.9 Å². The lowest BCUT2D eigenvalue weighted by Crippen LogP contribution is -2.29. The largest absolute Gasteiger partial charge is 0.368 e. The Bertz CT molecular complexity index is 883. The van der Waals surface area contributed by atoms with Crippen LogP contribution in [0.5, 0.6) is 0 Å². The lowest BCUT2D eigenvalue weighted by molar-refractivity contribution is -0.118. The molecule has 1 aromatic carbocycles. The number of benzene rings is 1. The summed E-state index contributed by atoms with van der Waals surface area (Å²) in [5.74, 6) is -0.410. The second-order valence-corrected chi connectivity index (χ2v) is 4.81. The second kappa shape index (κ2) is 5.32. The van der Waals surface area contributed by atoms with Crippen LogP contribution in [-0.4, -0.2) is 25.7 Å². The van der Waals surface area contributed by atoms with Crippen LogP contribution in [0.2, 0.25) is 0 Å². The molecule has 112 valence electrons. The zero-order chi connectivity index (χ0) is 15.7. The first-order valence-corrected chi connectivity index (χ1v) is 6.59. The molecule has 4 N–H and O–H groups in total. The molecule has 0 bridgehead atoms. The van der Waals surface area contributed by atoms with E-state index < -0.39 is 11.9 Å². The Balaban J connectivity index is 2.02. The molecule has 0 aliphatic carbocycles. The number of carbonyl (C=O) groups is 1. The Kier molecular flexibility index (Phi) is 3.34. The summed E-state index contributed by atoms with van der Waals surface area (Å²) < 4.78 is 1.48. The van der Waals surface area contributed by atoms with Gasteiger partial charge in [0.25, 0.3) is 5.56 Å². The molecule has 1 amide bonds. The minimum absolute atomic E-state index is 0.161. The monoisotopic (exact) mass is 298 g/mol. The summed E-state index contributed by atoms with van der Waals surface area (Å²) in [6.07, 6.45) is 1.44. The van der Waals surface area contributed by atoms with Gasteiger partial charge in [0.1, 0.15) is 11.4 Å². The summed E-state index contributed by atoms with van der Waals surface area (Å²) >= 11 is 0. The fourth-order valence-electron chi connectivity index (χ4n) is 2.20. The minimum Gasteiger partial charge on any atom is -0.368 e. The minimum atomic E-state index is -0.796. The van der Waals surface area contributed by atoms with Crippen molar-refractivity contribution in [3.63, 3.8) is 0 Å². The number of fused-ring (bicyclic) bond motifs is 1. The maximum absolute atomic E-state index is 12.0. The standard InChI is InChI=1S/C14H14N6O2/c1-20-12-9(7-16-20)13(22)19-14(18-12)17-10(11(15)21)8-5-3-2-4-6-8/h2-7,10H,1H3,(H2,15,21)(H2,17,18,19,22). The average Bonchev–Trinajstić information content (AvgIpc) is 2.87. The van der Waals surface area contributed by atoms with Crippen LogP contribution in [0.25, 0.3) is 11.0 Å². The summed E-state index contributed by atoms with van der Waals surface area (Å²) in [5.41, 5.74) is 6.20. The molecular weight excluding hydrogens is 284 g/mol. The molecule has 2 aromatic heterocycles. The molecule has 0 saturated carbocycles. The number of H-pyrrole nitrogens is 1. The van der Waals surface area contributed by atoms with Crippen LogP contribution < -0.4 is 16.6 Å². The van der Waals surface area contributed by atoms with Gasteiger partial charge in [-0.15, -0.1) is 0 Å². The Labute approximate surface area is 125 Å². The number of nitrogens with zero attached hydrogens (tertiary/aromatic N) is 3. The summed E-state index contributed by atoms with van der Waals surface area (Å²) in [5, 5.41) is 7.23. The van der Waals surface area contributed by atoms with E-state index in [-0.39, 0.29) is 11.5 Å². The lowest BCUT2D eigenvalue weighted by atomic mass is 10.1. The highest BCUT2D eigenvalue weighted by molar-refractivity contribution is 5.84. The van der Waals surface area contributed by atoms with Crippen LogP contribution in [0.1, 0.15) is 11.6 Å². The summed E-state index contributed by atoms with van der Waals surface area (Å²) in [6.45, 7) is 0. The molecule has 3 rings (SSSR count). The van der Waals surface area contributed by atoms with Gasteiger partial charge in [0.2, 0.25) is 11.9 Å². The van der Waals surface area contributed by atoms with Gasteiger partial charge in [0.15, 0.2) is 5.65 Å². The fourth-order valence-corrected chi connectivity index (χ4v) is 2.20. The lowest BCUT2D eigenvalue weighted by Gasteiger charge is -2.16. The normalized spacial score (nSPS) is 12.2. The van der Waals surface area contributed by atoms with Crippen molar-refractivity contribution in [2.75, 3.05) is 5.32 Å². The molecule has 2 heterocycles. The predicted octanol–water partition coefficient (Wildman–Crippen LogP) is 0.295. The van der Waals surface area contributed by atoms with Gasteiger partial charge in [-0.1, -0.05) is 30.3 Å². The van der Waals surface area contributed by atoms with E-state index in [0.29, 0.717) is 16.6 Å². The van der Waals surface area contributed by atoms with Gasteiger partial charge in [-0.3, -0.25) is 19.3 Å². The van der Waals surface area contributed by atoms with Gasteiger partial charge >= 0.3 is 0 Å². The first-order valence-electron chi connectivity index (χ1n) is 6.59. The highest BCUT2D eigenvalue weighted by atomic mass is 16.1. The van der Waals surface area contributed by atoms with Crippen molar-refractivity contribution in [2.45, 2.75) is 6.04 Å². The summed E-state index contributed by atoms with van der Waals surface area (Å²) in [6, 6.07) is 8.17. The van der Waals surface area contributed by atoms with E-state index in [1.807, 2.05) is 6.07 Å². The summed E-state index contributed by atoms with van der Waals surface area (Å²) in [7, 11) is 1.68. The fraction of sp³-hybridized carbons (Fsp3) is 0.143. The van der Waals surface area contributed by atoms with Crippen molar-refractivity contribution in [1.82, 2.24) is 19.7 Å². The van der Waals surface area contributed by atoms with Gasteiger partial charge < -0.3 is 11.1 Å². The Morgan fingerprint density at radius 3 is 2.77 bits per heavy atom. The van der Waals surface area contributed by atoms with E-state index in [9.17, 15) is 9.59 Å². The van der Waals surface area contributed by atoms with Crippen LogP contribution in [0.4, 0.5) is 5.95 Å². The zero-order valence-electron chi connectivity index (χ0n) is 11.8. The first kappa shape index (κ1) is 13.8. The molecule has 1 atom stereocenters. The molecule has 3 aromatic rings. The zero-order valence-corrected chi connectivity index (χ0v) is 11.8. The van der Waals surface area contributed by atoms with E-state index >= 15 is 0 Å². The maximum atomic E-state index is 12.0. The molecule has 0 saturated heterocycles. The molecule has 8 nitrogen and oxygen atoms in total. The smallest absolute Gasteiger partial charge is 0.263 e. The number of carbonyl (C=O) groups excluding carboxylic acids is 1. The Hall–Kier alpha value is -3.16. The third-order valence-electron chi connectivity index (χ3n) is 3.30. The SMILES string of the molecule is Cn1ncc2c(=O)[nH]c(NC(C(N)=O)c3ccccc3)nc21. The number of nitrogens with one attached hydrogen (secondary N) is 2. The number of amides is 1. The number of hydrogen-bond donors (Lipinski definition) is 3. The number of aromatic nitrogens is 4. The van der Waals surface area contributed by atoms with Gasteiger partial charge in [0.05, 0.1) is 6.20 Å². The van der Waals surface area contributed by atoms with Gasteiger partial charge in [0, 0.05) is 7.05 Å². The molecule has 0 radical (unpaired) electrons. The van der Waals surface area contributed by atoms with E-state index in [1.54, 1.807) is 31.3 Å². The molecule has 8 heteroatoms. The number of rotatable bonds is 4. The highest BCUT2D eigenvalue weighted by Crippen LogP contribution is 2.17. The summed E-state index contributed by atoms with van der Waals surface area (Å²) in [4.78, 5) is 30.5. The third-order valence-corrected chi connectivity index (χ3v) is 3.30. The molecule has 22 heavy (non-hydrogen) atoms. The number of anilines is 1. The topological polar surface area (TPSA) is 119 Å². The third kappa shape index (κ3) is 2.41. The molecule has 0 fully saturated rings. The molecule has 0 spiro atoms. The van der Waals surface area contributed by atoms with Crippen molar-refractivity contribution in [3.8, 4) is 0 Å². The Morgan fingerprint density at radius 2 is 2.09 bits per heavy atom. The van der Waals surface area contributed by atoms with Crippen molar-refractivity contribution in [1.29, 1.82) is 0 Å². The number of aromatic amines is 1. The molecule has 1 unspecified atom stereocenters. The van der Waals surface area contributed by atoms with Crippen LogP contribution in [-0.2, 0) is 11.8 Å². The van der Waals surface area contributed by atoms with Crippen LogP contribution in [0.15, 0.2) is 41.3 Å². The van der Waals surface area contributed by atoms with E-state index in [1.165, 1.54) is 10.9 Å². The first-order chi connectivity index (χ1) is 10.6. The van der Waals surface area contributed by atoms with Crippen LogP contribution in [0.3, 0.4) is 0 Å². The quantitative estimate of drug-likeness (QED) is 0.640. The number of aryl methyl sites for hydroxylation is 1. The van der Waals surface area contributed by atoms with E-state index in [0.717, 1.165) is 0 Å². The number of nitrogens with two attached hydrogens (primary N) is 1. The maximum Gasteiger partial charge on any atom is 0.263 e. The predicted molar refractivity (Wildman–Crippen MR) is 81.1 cm³/mol. The molecule has 0 aliphatic rings. The number of hydrogen-bond acceptors (Lipinski definition) is 5.